The van der Waals surface area contributed by atoms with Gasteiger partial charge in [-0.1, -0.05) is 6.07 Å². The van der Waals surface area contributed by atoms with Crippen LogP contribution in [0.2, 0.25) is 0 Å². The molecule has 0 aliphatic carbocycles. The third-order valence-corrected chi connectivity index (χ3v) is 5.04. The van der Waals surface area contributed by atoms with Crippen molar-refractivity contribution in [2.45, 2.75) is 51.3 Å². The van der Waals surface area contributed by atoms with Gasteiger partial charge in [-0.05, 0) is 52.1 Å². The second-order valence-electron chi connectivity index (χ2n) is 6.61. The maximum Gasteiger partial charge on any atom is 0.240 e. The molecule has 2 heterocycles. The van der Waals surface area contributed by atoms with Gasteiger partial charge in [0.25, 0.3) is 0 Å². The van der Waals surface area contributed by atoms with Gasteiger partial charge in [-0.15, -0.1) is 11.3 Å². The van der Waals surface area contributed by atoms with Crippen molar-refractivity contribution in [3.05, 3.63) is 22.4 Å². The normalized spacial score (nSPS) is 21.0. The highest BCUT2D eigenvalue weighted by atomic mass is 32.1. The summed E-state index contributed by atoms with van der Waals surface area (Å²) in [7, 11) is 1.90. The summed E-state index contributed by atoms with van der Waals surface area (Å²) in [6.45, 7) is 6.79. The molecule has 0 aromatic carbocycles. The Morgan fingerprint density at radius 2 is 2.33 bits per heavy atom. The maximum absolute atomic E-state index is 12.8. The molecular formula is C16H26N2O2S. The van der Waals surface area contributed by atoms with Crippen LogP contribution in [-0.4, -0.2) is 52.6 Å². The Hall–Kier alpha value is -0.910. The minimum absolute atomic E-state index is 0.164. The average Bonchev–Trinajstić information content (AvgIpc) is 3.04. The molecule has 4 nitrogen and oxygen atoms in total. The topological polar surface area (TPSA) is 43.8 Å². The Kier molecular flexibility index (Phi) is 5.07. The van der Waals surface area contributed by atoms with Gasteiger partial charge in [0.15, 0.2) is 0 Å². The molecule has 0 saturated carbocycles. The molecular weight excluding hydrogens is 284 g/mol. The van der Waals surface area contributed by atoms with E-state index in [-0.39, 0.29) is 18.0 Å². The van der Waals surface area contributed by atoms with Gasteiger partial charge in [-0.25, -0.2) is 0 Å². The standard InChI is InChI=1S/C16H26N2O2S/c1-12(17(4)11-16(2,3)20)15(19)18-9-5-7-13(18)14-8-6-10-21-14/h6,8,10,12-13,20H,5,7,9,11H2,1-4H3. The second kappa shape index (κ2) is 6.46. The number of likely N-dealkylation sites (tertiary alicyclic amines) is 1. The van der Waals surface area contributed by atoms with Crippen LogP contribution in [0.5, 0.6) is 0 Å². The van der Waals surface area contributed by atoms with E-state index in [0.29, 0.717) is 6.54 Å². The zero-order valence-electron chi connectivity index (χ0n) is 13.4. The van der Waals surface area contributed by atoms with E-state index in [9.17, 15) is 9.90 Å². The Balaban J connectivity index is 2.04. The van der Waals surface area contributed by atoms with Crippen molar-refractivity contribution in [1.29, 1.82) is 0 Å². The minimum Gasteiger partial charge on any atom is -0.389 e. The first-order valence-electron chi connectivity index (χ1n) is 7.56. The fourth-order valence-electron chi connectivity index (χ4n) is 2.98. The molecule has 21 heavy (non-hydrogen) atoms. The number of thiophene rings is 1. The lowest BCUT2D eigenvalue weighted by Gasteiger charge is -2.33. The maximum atomic E-state index is 12.8. The minimum atomic E-state index is -0.790. The summed E-state index contributed by atoms with van der Waals surface area (Å²) >= 11 is 1.72. The van der Waals surface area contributed by atoms with Gasteiger partial charge in [-0.3, -0.25) is 9.69 Å². The quantitative estimate of drug-likeness (QED) is 0.909. The number of amides is 1. The Bertz CT molecular complexity index is 467. The molecule has 0 spiro atoms. The zero-order valence-corrected chi connectivity index (χ0v) is 14.2. The smallest absolute Gasteiger partial charge is 0.240 e. The fraction of sp³-hybridized carbons (Fsp3) is 0.688. The van der Waals surface area contributed by atoms with E-state index in [0.717, 1.165) is 19.4 Å². The number of likely N-dealkylation sites (N-methyl/N-ethyl adjacent to an activating group) is 1. The molecule has 2 unspecified atom stereocenters. The molecule has 2 rings (SSSR count). The molecule has 1 amide bonds. The van der Waals surface area contributed by atoms with Crippen LogP contribution in [0.25, 0.3) is 0 Å². The van der Waals surface area contributed by atoms with Crippen molar-refractivity contribution < 1.29 is 9.90 Å². The highest BCUT2D eigenvalue weighted by Gasteiger charge is 2.34. The van der Waals surface area contributed by atoms with Crippen molar-refractivity contribution in [2.75, 3.05) is 20.1 Å². The summed E-state index contributed by atoms with van der Waals surface area (Å²) in [5.41, 5.74) is -0.790. The molecule has 1 aliphatic rings. The van der Waals surface area contributed by atoms with Crippen LogP contribution in [-0.2, 0) is 4.79 Å². The van der Waals surface area contributed by atoms with Gasteiger partial charge >= 0.3 is 0 Å². The largest absolute Gasteiger partial charge is 0.389 e. The molecule has 1 saturated heterocycles. The van der Waals surface area contributed by atoms with Crippen LogP contribution in [0.1, 0.15) is 44.5 Å². The molecule has 1 aromatic heterocycles. The number of hydrogen-bond acceptors (Lipinski definition) is 4. The fourth-order valence-corrected chi connectivity index (χ4v) is 3.86. The molecule has 0 radical (unpaired) electrons. The number of hydrogen-bond donors (Lipinski definition) is 1. The van der Waals surface area contributed by atoms with Crippen molar-refractivity contribution in [1.82, 2.24) is 9.80 Å². The number of carbonyl (C=O) groups is 1. The van der Waals surface area contributed by atoms with E-state index in [1.807, 2.05) is 29.8 Å². The third kappa shape index (κ3) is 4.05. The van der Waals surface area contributed by atoms with Crippen LogP contribution in [0.4, 0.5) is 0 Å². The second-order valence-corrected chi connectivity index (χ2v) is 7.59. The van der Waals surface area contributed by atoms with Gasteiger partial charge in [0.1, 0.15) is 0 Å². The summed E-state index contributed by atoms with van der Waals surface area (Å²) in [5.74, 6) is 0.164. The zero-order chi connectivity index (χ0) is 15.6. The molecule has 0 bridgehead atoms. The van der Waals surface area contributed by atoms with Gasteiger partial charge in [0.2, 0.25) is 5.91 Å². The molecule has 1 fully saturated rings. The number of rotatable bonds is 5. The van der Waals surface area contributed by atoms with Gasteiger partial charge < -0.3 is 10.0 Å². The average molecular weight is 310 g/mol. The van der Waals surface area contributed by atoms with Crippen molar-refractivity contribution in [3.63, 3.8) is 0 Å². The van der Waals surface area contributed by atoms with Crippen molar-refractivity contribution in [3.8, 4) is 0 Å². The first-order chi connectivity index (χ1) is 9.79. The summed E-state index contributed by atoms with van der Waals surface area (Å²) in [6.07, 6.45) is 2.12. The van der Waals surface area contributed by atoms with Crippen LogP contribution in [0.15, 0.2) is 17.5 Å². The van der Waals surface area contributed by atoms with E-state index >= 15 is 0 Å². The summed E-state index contributed by atoms with van der Waals surface area (Å²) < 4.78 is 0. The Morgan fingerprint density at radius 1 is 1.62 bits per heavy atom. The molecule has 118 valence electrons. The lowest BCUT2D eigenvalue weighted by molar-refractivity contribution is -0.137. The van der Waals surface area contributed by atoms with Crippen LogP contribution < -0.4 is 0 Å². The summed E-state index contributed by atoms with van der Waals surface area (Å²) in [5, 5.41) is 12.0. The first-order valence-corrected chi connectivity index (χ1v) is 8.44. The predicted octanol–water partition coefficient (Wildman–Crippen LogP) is 2.50. The van der Waals surface area contributed by atoms with Crippen molar-refractivity contribution in [2.24, 2.45) is 0 Å². The highest BCUT2D eigenvalue weighted by molar-refractivity contribution is 7.10. The third-order valence-electron chi connectivity index (χ3n) is 4.06. The molecule has 1 N–H and O–H groups in total. The van der Waals surface area contributed by atoms with Crippen LogP contribution in [0, 0.1) is 0 Å². The van der Waals surface area contributed by atoms with Crippen LogP contribution >= 0.6 is 11.3 Å². The van der Waals surface area contributed by atoms with E-state index in [1.54, 1.807) is 25.2 Å². The first kappa shape index (κ1) is 16.5. The molecule has 1 aromatic rings. The predicted molar refractivity (Wildman–Crippen MR) is 86.4 cm³/mol. The van der Waals surface area contributed by atoms with E-state index < -0.39 is 5.60 Å². The Morgan fingerprint density at radius 3 is 2.90 bits per heavy atom. The number of nitrogens with zero attached hydrogens (tertiary/aromatic N) is 2. The van der Waals surface area contributed by atoms with Crippen LogP contribution in [0.3, 0.4) is 0 Å². The number of carbonyl (C=O) groups excluding carboxylic acids is 1. The highest BCUT2D eigenvalue weighted by Crippen LogP contribution is 2.35. The SMILES string of the molecule is CC(C(=O)N1CCCC1c1cccs1)N(C)CC(C)(C)O. The number of aliphatic hydroxyl groups is 1. The lowest BCUT2D eigenvalue weighted by Crippen LogP contribution is -2.49. The Labute approximate surface area is 131 Å². The summed E-state index contributed by atoms with van der Waals surface area (Å²) in [4.78, 5) is 18.0. The van der Waals surface area contributed by atoms with E-state index in [4.69, 9.17) is 0 Å². The lowest BCUT2D eigenvalue weighted by atomic mass is 10.1. The van der Waals surface area contributed by atoms with E-state index in [1.165, 1.54) is 4.88 Å². The summed E-state index contributed by atoms with van der Waals surface area (Å²) in [6, 6.07) is 4.18. The molecule has 1 aliphatic heterocycles. The molecule has 2 atom stereocenters. The van der Waals surface area contributed by atoms with Crippen molar-refractivity contribution >= 4 is 17.2 Å². The van der Waals surface area contributed by atoms with Gasteiger partial charge in [-0.2, -0.15) is 0 Å². The monoisotopic (exact) mass is 310 g/mol. The van der Waals surface area contributed by atoms with E-state index in [2.05, 4.69) is 11.4 Å². The molecule has 5 heteroatoms. The van der Waals surface area contributed by atoms with Gasteiger partial charge in [0, 0.05) is 18.0 Å². The van der Waals surface area contributed by atoms with Gasteiger partial charge in [0.05, 0.1) is 17.7 Å².